The van der Waals surface area contributed by atoms with E-state index in [2.05, 4.69) is 0 Å². The Balaban J connectivity index is 2.07. The number of carbonyl (C=O) groups is 1. The predicted octanol–water partition coefficient (Wildman–Crippen LogP) is 1.95. The highest BCUT2D eigenvalue weighted by atomic mass is 31.2. The van der Waals surface area contributed by atoms with E-state index in [-0.39, 0.29) is 37.4 Å². The van der Waals surface area contributed by atoms with Crippen LogP contribution in [0, 0.1) is 0 Å². The van der Waals surface area contributed by atoms with Gasteiger partial charge in [-0.05, 0) is 41.5 Å². The van der Waals surface area contributed by atoms with Crippen LogP contribution in [0.25, 0.3) is 0 Å². The summed E-state index contributed by atoms with van der Waals surface area (Å²) in [6, 6.07) is 0. The third kappa shape index (κ3) is 6.71. The van der Waals surface area contributed by atoms with Crippen LogP contribution < -0.4 is 0 Å². The van der Waals surface area contributed by atoms with Crippen molar-refractivity contribution >= 4 is 13.8 Å². The molecule has 10 nitrogen and oxygen atoms in total. The van der Waals surface area contributed by atoms with Gasteiger partial charge in [0.25, 0.3) is 0 Å². The van der Waals surface area contributed by atoms with E-state index in [0.717, 1.165) is 0 Å². The van der Waals surface area contributed by atoms with E-state index in [0.29, 0.717) is 6.42 Å². The van der Waals surface area contributed by atoms with Gasteiger partial charge in [0.1, 0.15) is 11.7 Å². The van der Waals surface area contributed by atoms with Gasteiger partial charge in [-0.3, -0.25) is 9.42 Å². The van der Waals surface area contributed by atoms with Crippen molar-refractivity contribution in [2.45, 2.75) is 103 Å². The predicted molar refractivity (Wildman–Crippen MR) is 106 cm³/mol. The molecule has 176 valence electrons. The minimum Gasteiger partial charge on any atom is -0.393 e. The molecule has 0 aliphatic carbocycles. The number of rotatable bonds is 10. The summed E-state index contributed by atoms with van der Waals surface area (Å²) in [6.45, 7) is 10.3. The molecule has 7 atom stereocenters. The molecule has 0 amide bonds. The second-order valence-corrected chi connectivity index (χ2v) is 9.88. The molecule has 2 aliphatic rings. The fourth-order valence-electron chi connectivity index (χ4n) is 3.68. The molecule has 0 bridgehead atoms. The largest absolute Gasteiger partial charge is 0.530 e. The lowest BCUT2D eigenvalue weighted by Gasteiger charge is -2.33. The van der Waals surface area contributed by atoms with E-state index >= 15 is 0 Å². The lowest BCUT2D eigenvalue weighted by Crippen LogP contribution is -2.49. The normalized spacial score (nSPS) is 36.4. The molecule has 0 radical (unpaired) electrons. The number of carbonyl (C=O) groups excluding carboxylic acids is 1. The number of ether oxygens (including phenoxy) is 4. The highest BCUT2D eigenvalue weighted by molar-refractivity contribution is 7.48. The highest BCUT2D eigenvalue weighted by Crippen LogP contribution is 2.50. The Labute approximate surface area is 177 Å². The Morgan fingerprint density at radius 2 is 1.83 bits per heavy atom. The van der Waals surface area contributed by atoms with E-state index < -0.39 is 44.3 Å². The molecule has 2 aliphatic heterocycles. The summed E-state index contributed by atoms with van der Waals surface area (Å²) >= 11 is 0. The molecular formula is C19H35O10P. The molecule has 0 saturated carbocycles. The van der Waals surface area contributed by atoms with E-state index in [1.165, 1.54) is 0 Å². The van der Waals surface area contributed by atoms with E-state index in [9.17, 15) is 19.4 Å². The minimum absolute atomic E-state index is 0.0440. The summed E-state index contributed by atoms with van der Waals surface area (Å²) in [6.07, 6.45) is -2.95. The van der Waals surface area contributed by atoms with E-state index in [4.69, 9.17) is 28.0 Å². The number of hydrogen-bond donors (Lipinski definition) is 2. The fraction of sp³-hybridized carbons (Fsp3) is 0.947. The SMILES string of the molecule is CC(C)OC[C@@]1(CO)O[C@@H](C)C[C@H]1OP(=O)(O)OC(=O)[C@H]1O[C@@H](C)C[C@H]1OC(C)C. The first-order chi connectivity index (χ1) is 13.9. The van der Waals surface area contributed by atoms with Crippen molar-refractivity contribution in [1.29, 1.82) is 0 Å². The van der Waals surface area contributed by atoms with Crippen LogP contribution in [-0.2, 0) is 37.4 Å². The zero-order valence-electron chi connectivity index (χ0n) is 18.5. The first-order valence-electron chi connectivity index (χ1n) is 10.3. The van der Waals surface area contributed by atoms with Crippen LogP contribution in [-0.4, -0.2) is 77.5 Å². The average molecular weight is 454 g/mol. The Morgan fingerprint density at radius 3 is 2.40 bits per heavy atom. The van der Waals surface area contributed by atoms with Crippen LogP contribution >= 0.6 is 7.82 Å². The summed E-state index contributed by atoms with van der Waals surface area (Å²) in [5.74, 6) is -1.03. The molecule has 2 heterocycles. The van der Waals surface area contributed by atoms with Crippen molar-refractivity contribution < 1.29 is 47.4 Å². The molecule has 2 saturated heterocycles. The molecule has 11 heteroatoms. The first-order valence-corrected chi connectivity index (χ1v) is 11.8. The zero-order chi connectivity index (χ0) is 22.7. The Bertz CT molecular complexity index is 626. The smallest absolute Gasteiger partial charge is 0.393 e. The molecule has 0 aromatic carbocycles. The highest BCUT2D eigenvalue weighted by Gasteiger charge is 2.52. The second-order valence-electron chi connectivity index (χ2n) is 8.55. The average Bonchev–Trinajstić information content (AvgIpc) is 3.11. The van der Waals surface area contributed by atoms with Gasteiger partial charge in [-0.1, -0.05) is 0 Å². The summed E-state index contributed by atoms with van der Waals surface area (Å²) < 4.78 is 45.2. The van der Waals surface area contributed by atoms with Gasteiger partial charge in [0.05, 0.1) is 43.7 Å². The Hall–Kier alpha value is -0.580. The van der Waals surface area contributed by atoms with Gasteiger partial charge in [0, 0.05) is 12.8 Å². The van der Waals surface area contributed by atoms with Gasteiger partial charge < -0.3 is 28.6 Å². The number of hydrogen-bond acceptors (Lipinski definition) is 9. The molecular weight excluding hydrogens is 419 g/mol. The zero-order valence-corrected chi connectivity index (χ0v) is 19.4. The number of phosphoric acid groups is 1. The maximum Gasteiger partial charge on any atom is 0.530 e. The number of phosphoric ester groups is 1. The van der Waals surface area contributed by atoms with E-state index in [1.54, 1.807) is 13.8 Å². The lowest BCUT2D eigenvalue weighted by atomic mass is 9.98. The molecule has 0 aromatic heterocycles. The monoisotopic (exact) mass is 454 g/mol. The van der Waals surface area contributed by atoms with Gasteiger partial charge in [0.2, 0.25) is 0 Å². The van der Waals surface area contributed by atoms with Crippen molar-refractivity contribution in [2.24, 2.45) is 0 Å². The van der Waals surface area contributed by atoms with Crippen LogP contribution in [0.4, 0.5) is 0 Å². The van der Waals surface area contributed by atoms with Crippen molar-refractivity contribution in [2.75, 3.05) is 13.2 Å². The molecule has 2 N–H and O–H groups in total. The fourth-order valence-corrected chi connectivity index (χ4v) is 4.65. The van der Waals surface area contributed by atoms with Crippen molar-refractivity contribution in [3.63, 3.8) is 0 Å². The lowest BCUT2D eigenvalue weighted by molar-refractivity contribution is -0.160. The molecule has 2 rings (SSSR count). The van der Waals surface area contributed by atoms with Crippen LogP contribution in [0.3, 0.4) is 0 Å². The van der Waals surface area contributed by atoms with Crippen molar-refractivity contribution in [3.05, 3.63) is 0 Å². The second kappa shape index (κ2) is 10.4. The van der Waals surface area contributed by atoms with Crippen molar-refractivity contribution in [1.82, 2.24) is 0 Å². The molecule has 1 unspecified atom stereocenters. The van der Waals surface area contributed by atoms with Gasteiger partial charge in [-0.2, -0.15) is 0 Å². The summed E-state index contributed by atoms with van der Waals surface area (Å²) in [5.41, 5.74) is -1.34. The molecule has 0 aromatic rings. The van der Waals surface area contributed by atoms with Crippen LogP contribution in [0.2, 0.25) is 0 Å². The quantitative estimate of drug-likeness (QED) is 0.472. The van der Waals surface area contributed by atoms with Crippen molar-refractivity contribution in [3.8, 4) is 0 Å². The maximum absolute atomic E-state index is 12.6. The third-order valence-corrected chi connectivity index (χ3v) is 5.85. The summed E-state index contributed by atoms with van der Waals surface area (Å²) in [4.78, 5) is 22.8. The summed E-state index contributed by atoms with van der Waals surface area (Å²) in [5, 5.41) is 9.92. The standard InChI is InChI=1S/C19H35O10P/c1-11(2)24-10-19(9-20)16(8-14(6)27-19)28-30(22,23)29-18(21)17-15(25-12(3)4)7-13(5)26-17/h11-17,20H,7-10H2,1-6H3,(H,22,23)/t13-,14-,15+,16+,17-,19+/m0/s1. The molecule has 2 fully saturated rings. The topological polar surface area (TPSA) is 130 Å². The Kier molecular flexibility index (Phi) is 8.87. The van der Waals surface area contributed by atoms with Gasteiger partial charge in [0.15, 0.2) is 6.10 Å². The van der Waals surface area contributed by atoms with Gasteiger partial charge in [-0.25, -0.2) is 9.36 Å². The number of aliphatic hydroxyl groups is 1. The maximum atomic E-state index is 12.6. The van der Waals surface area contributed by atoms with Gasteiger partial charge in [-0.15, -0.1) is 0 Å². The Morgan fingerprint density at radius 1 is 1.17 bits per heavy atom. The summed E-state index contributed by atoms with van der Waals surface area (Å²) in [7, 11) is -4.83. The van der Waals surface area contributed by atoms with E-state index in [1.807, 2.05) is 27.7 Å². The van der Waals surface area contributed by atoms with Crippen LogP contribution in [0.5, 0.6) is 0 Å². The third-order valence-electron chi connectivity index (χ3n) is 4.92. The molecule has 0 spiro atoms. The minimum atomic E-state index is -4.83. The van der Waals surface area contributed by atoms with Crippen LogP contribution in [0.1, 0.15) is 54.4 Å². The first kappa shape index (κ1) is 25.7. The van der Waals surface area contributed by atoms with Crippen LogP contribution in [0.15, 0.2) is 0 Å². The molecule has 30 heavy (non-hydrogen) atoms. The van der Waals surface area contributed by atoms with Gasteiger partial charge >= 0.3 is 13.8 Å². The number of aliphatic hydroxyl groups excluding tert-OH is 1.